The van der Waals surface area contributed by atoms with Crippen molar-refractivity contribution >= 4 is 9.84 Å². The fourth-order valence-corrected chi connectivity index (χ4v) is 3.40. The third kappa shape index (κ3) is 2.48. The standard InChI is InChI=1S/C16H13NO3S/c1-12-7-9-13(10-8-12)16-15(11-20-17-16)21(18,19)14-5-3-2-4-6-14/h2-11H,1H3. The molecule has 2 aromatic carbocycles. The summed E-state index contributed by atoms with van der Waals surface area (Å²) in [5, 5.41) is 3.85. The molecule has 0 atom stereocenters. The number of hydrogen-bond donors (Lipinski definition) is 0. The lowest BCUT2D eigenvalue weighted by molar-refractivity contribution is 0.420. The Kier molecular flexibility index (Phi) is 3.35. The molecule has 0 aliphatic carbocycles. The van der Waals surface area contributed by atoms with Crippen molar-refractivity contribution < 1.29 is 12.9 Å². The van der Waals surface area contributed by atoms with Gasteiger partial charge in [-0.1, -0.05) is 53.2 Å². The summed E-state index contributed by atoms with van der Waals surface area (Å²) in [6, 6.07) is 15.7. The van der Waals surface area contributed by atoms with E-state index in [1.807, 2.05) is 31.2 Å². The van der Waals surface area contributed by atoms with Crippen LogP contribution in [0.25, 0.3) is 11.3 Å². The van der Waals surface area contributed by atoms with E-state index in [4.69, 9.17) is 4.52 Å². The fraction of sp³-hybridized carbons (Fsp3) is 0.0625. The van der Waals surface area contributed by atoms with Crippen molar-refractivity contribution in [1.29, 1.82) is 0 Å². The van der Waals surface area contributed by atoms with Crippen LogP contribution in [0.5, 0.6) is 0 Å². The Morgan fingerprint density at radius 2 is 1.62 bits per heavy atom. The van der Waals surface area contributed by atoms with E-state index in [1.165, 1.54) is 6.26 Å². The molecule has 5 heteroatoms. The van der Waals surface area contributed by atoms with Gasteiger partial charge >= 0.3 is 0 Å². The third-order valence-electron chi connectivity index (χ3n) is 3.21. The van der Waals surface area contributed by atoms with Crippen molar-refractivity contribution in [3.63, 3.8) is 0 Å². The first-order valence-corrected chi connectivity index (χ1v) is 7.89. The molecule has 0 N–H and O–H groups in total. The molecule has 0 saturated carbocycles. The Morgan fingerprint density at radius 3 is 2.29 bits per heavy atom. The minimum Gasteiger partial charge on any atom is -0.363 e. The molecule has 0 spiro atoms. The molecule has 0 aliphatic heterocycles. The van der Waals surface area contributed by atoms with Gasteiger partial charge in [0.05, 0.1) is 4.90 Å². The maximum absolute atomic E-state index is 12.7. The minimum absolute atomic E-state index is 0.0811. The normalized spacial score (nSPS) is 11.5. The molecule has 1 heterocycles. The van der Waals surface area contributed by atoms with E-state index in [9.17, 15) is 8.42 Å². The lowest BCUT2D eigenvalue weighted by Gasteiger charge is -2.04. The Hall–Kier alpha value is -2.40. The van der Waals surface area contributed by atoms with Gasteiger partial charge in [-0.25, -0.2) is 8.42 Å². The van der Waals surface area contributed by atoms with Crippen LogP contribution in [-0.2, 0) is 9.84 Å². The van der Waals surface area contributed by atoms with Crippen molar-refractivity contribution in [2.24, 2.45) is 0 Å². The number of hydrogen-bond acceptors (Lipinski definition) is 4. The average Bonchev–Trinajstić information content (AvgIpc) is 2.99. The van der Waals surface area contributed by atoms with E-state index in [1.54, 1.807) is 30.3 Å². The van der Waals surface area contributed by atoms with Crippen LogP contribution in [0.2, 0.25) is 0 Å². The van der Waals surface area contributed by atoms with E-state index in [-0.39, 0.29) is 9.79 Å². The summed E-state index contributed by atoms with van der Waals surface area (Å²) in [7, 11) is -3.64. The monoisotopic (exact) mass is 299 g/mol. The quantitative estimate of drug-likeness (QED) is 0.743. The topological polar surface area (TPSA) is 60.2 Å². The fourth-order valence-electron chi connectivity index (χ4n) is 2.05. The molecule has 0 amide bonds. The Labute approximate surface area is 123 Å². The molecule has 106 valence electrons. The molecule has 1 aromatic heterocycles. The lowest BCUT2D eigenvalue weighted by atomic mass is 10.1. The van der Waals surface area contributed by atoms with Crippen LogP contribution < -0.4 is 0 Å². The summed E-state index contributed by atoms with van der Waals surface area (Å²) in [4.78, 5) is 0.305. The molecule has 0 bridgehead atoms. The SMILES string of the molecule is Cc1ccc(-c2nocc2S(=O)(=O)c2ccccc2)cc1. The van der Waals surface area contributed by atoms with Crippen molar-refractivity contribution in [1.82, 2.24) is 5.16 Å². The van der Waals surface area contributed by atoms with Gasteiger partial charge in [-0.3, -0.25) is 0 Å². The van der Waals surface area contributed by atoms with Crippen molar-refractivity contribution in [3.8, 4) is 11.3 Å². The maximum atomic E-state index is 12.7. The first kappa shape index (κ1) is 13.6. The lowest BCUT2D eigenvalue weighted by Crippen LogP contribution is -2.02. The zero-order chi connectivity index (χ0) is 14.9. The van der Waals surface area contributed by atoms with Crippen LogP contribution in [-0.4, -0.2) is 13.6 Å². The number of benzene rings is 2. The van der Waals surface area contributed by atoms with Gasteiger partial charge < -0.3 is 4.52 Å². The van der Waals surface area contributed by atoms with E-state index in [0.29, 0.717) is 11.3 Å². The van der Waals surface area contributed by atoms with Crippen LogP contribution in [0.1, 0.15) is 5.56 Å². The second kappa shape index (κ2) is 5.18. The molecule has 0 aliphatic rings. The highest BCUT2D eigenvalue weighted by Crippen LogP contribution is 2.30. The zero-order valence-electron chi connectivity index (χ0n) is 11.4. The van der Waals surface area contributed by atoms with Crippen LogP contribution in [0.4, 0.5) is 0 Å². The summed E-state index contributed by atoms with van der Waals surface area (Å²) < 4.78 is 30.2. The highest BCUT2D eigenvalue weighted by atomic mass is 32.2. The molecule has 3 rings (SSSR count). The molecule has 4 nitrogen and oxygen atoms in total. The van der Waals surface area contributed by atoms with Crippen molar-refractivity contribution in [2.45, 2.75) is 16.7 Å². The number of aromatic nitrogens is 1. The number of aryl methyl sites for hydroxylation is 1. The van der Waals surface area contributed by atoms with Gasteiger partial charge in [-0.05, 0) is 19.1 Å². The van der Waals surface area contributed by atoms with Gasteiger partial charge in [0.25, 0.3) is 0 Å². The highest BCUT2D eigenvalue weighted by Gasteiger charge is 2.25. The van der Waals surface area contributed by atoms with Crippen molar-refractivity contribution in [3.05, 3.63) is 66.4 Å². The predicted molar refractivity (Wildman–Crippen MR) is 78.6 cm³/mol. The Balaban J connectivity index is 2.13. The van der Waals surface area contributed by atoms with Crippen LogP contribution >= 0.6 is 0 Å². The second-order valence-electron chi connectivity index (χ2n) is 4.71. The van der Waals surface area contributed by atoms with Crippen LogP contribution in [0.3, 0.4) is 0 Å². The smallest absolute Gasteiger partial charge is 0.212 e. The molecule has 0 fully saturated rings. The maximum Gasteiger partial charge on any atom is 0.212 e. The molecule has 0 radical (unpaired) electrons. The van der Waals surface area contributed by atoms with Gasteiger partial charge in [-0.15, -0.1) is 0 Å². The minimum atomic E-state index is -3.64. The summed E-state index contributed by atoms with van der Waals surface area (Å²) in [5.74, 6) is 0. The Morgan fingerprint density at radius 1 is 0.952 bits per heavy atom. The average molecular weight is 299 g/mol. The van der Waals surface area contributed by atoms with Crippen LogP contribution in [0.15, 0.2) is 75.2 Å². The van der Waals surface area contributed by atoms with Gasteiger partial charge in [0.15, 0.2) is 0 Å². The predicted octanol–water partition coefficient (Wildman–Crippen LogP) is 3.48. The van der Waals surface area contributed by atoms with E-state index < -0.39 is 9.84 Å². The van der Waals surface area contributed by atoms with E-state index in [0.717, 1.165) is 5.56 Å². The third-order valence-corrected chi connectivity index (χ3v) is 4.97. The number of rotatable bonds is 3. The van der Waals surface area contributed by atoms with Gasteiger partial charge in [0.1, 0.15) is 16.9 Å². The van der Waals surface area contributed by atoms with E-state index in [2.05, 4.69) is 5.16 Å². The summed E-state index contributed by atoms with van der Waals surface area (Å²) in [6.45, 7) is 1.97. The molecule has 0 unspecified atom stereocenters. The first-order valence-electron chi connectivity index (χ1n) is 6.40. The summed E-state index contributed by atoms with van der Waals surface area (Å²) in [5.41, 5.74) is 2.14. The van der Waals surface area contributed by atoms with Crippen LogP contribution in [0, 0.1) is 6.92 Å². The molecule has 0 saturated heterocycles. The number of nitrogens with zero attached hydrogens (tertiary/aromatic N) is 1. The number of sulfone groups is 1. The van der Waals surface area contributed by atoms with E-state index >= 15 is 0 Å². The largest absolute Gasteiger partial charge is 0.363 e. The summed E-state index contributed by atoms with van der Waals surface area (Å²) >= 11 is 0. The molecule has 3 aromatic rings. The van der Waals surface area contributed by atoms with Gasteiger partial charge in [0, 0.05) is 5.56 Å². The van der Waals surface area contributed by atoms with Crippen molar-refractivity contribution in [2.75, 3.05) is 0 Å². The Bertz CT molecular complexity index is 850. The van der Waals surface area contributed by atoms with Gasteiger partial charge in [-0.2, -0.15) is 0 Å². The molecular formula is C16H13NO3S. The van der Waals surface area contributed by atoms with Gasteiger partial charge in [0.2, 0.25) is 9.84 Å². The highest BCUT2D eigenvalue weighted by molar-refractivity contribution is 7.91. The first-order chi connectivity index (χ1) is 10.1. The molecular weight excluding hydrogens is 286 g/mol. The summed E-state index contributed by atoms with van der Waals surface area (Å²) in [6.07, 6.45) is 1.18. The molecule has 21 heavy (non-hydrogen) atoms. The zero-order valence-corrected chi connectivity index (χ0v) is 12.2. The second-order valence-corrected chi connectivity index (χ2v) is 6.63.